The third kappa shape index (κ3) is 0.509. The maximum Gasteiger partial charge on any atom is 0.187 e. The number of aliphatic hydroxyl groups excluding tert-OH is 1. The van der Waals surface area contributed by atoms with Gasteiger partial charge in [-0.15, -0.1) is 0 Å². The Labute approximate surface area is 57.7 Å². The molecule has 0 aromatic heterocycles. The smallest absolute Gasteiger partial charge is 0.187 e. The molecule has 4 heteroatoms. The second-order valence-electron chi connectivity index (χ2n) is 2.93. The molecular formula is C6H8O4. The Morgan fingerprint density at radius 2 is 2.10 bits per heavy atom. The van der Waals surface area contributed by atoms with E-state index < -0.39 is 6.10 Å². The molecule has 0 spiro atoms. The number of hydrogen-bond acceptors (Lipinski definition) is 4. The van der Waals surface area contributed by atoms with Gasteiger partial charge in [0.15, 0.2) is 6.29 Å². The lowest BCUT2D eigenvalue weighted by Gasteiger charge is -2.18. The zero-order valence-electron chi connectivity index (χ0n) is 5.27. The van der Waals surface area contributed by atoms with Crippen molar-refractivity contribution in [3.63, 3.8) is 0 Å². The van der Waals surface area contributed by atoms with E-state index in [1.807, 2.05) is 0 Å². The molecule has 0 aromatic rings. The summed E-state index contributed by atoms with van der Waals surface area (Å²) in [7, 11) is 0. The van der Waals surface area contributed by atoms with Crippen molar-refractivity contribution >= 4 is 0 Å². The first-order valence-corrected chi connectivity index (χ1v) is 3.47. The van der Waals surface area contributed by atoms with Gasteiger partial charge < -0.3 is 19.3 Å². The van der Waals surface area contributed by atoms with E-state index >= 15 is 0 Å². The van der Waals surface area contributed by atoms with Crippen molar-refractivity contribution < 1.29 is 19.3 Å². The Morgan fingerprint density at radius 3 is 3.00 bits per heavy atom. The molecule has 5 atom stereocenters. The highest BCUT2D eigenvalue weighted by atomic mass is 16.8. The molecule has 0 radical (unpaired) electrons. The minimum absolute atomic E-state index is 0.00810. The summed E-state index contributed by atoms with van der Waals surface area (Å²) in [6.07, 6.45) is -0.809. The van der Waals surface area contributed by atoms with Gasteiger partial charge in [0.25, 0.3) is 0 Å². The maximum absolute atomic E-state index is 9.38. The Bertz CT molecular complexity index is 169. The third-order valence-electron chi connectivity index (χ3n) is 2.28. The highest BCUT2D eigenvalue weighted by molar-refractivity contribution is 5.03. The van der Waals surface area contributed by atoms with Gasteiger partial charge in [0.2, 0.25) is 0 Å². The van der Waals surface area contributed by atoms with Crippen LogP contribution in [0.25, 0.3) is 0 Å². The number of ether oxygens (including phenoxy) is 3. The Morgan fingerprint density at radius 1 is 1.20 bits per heavy atom. The van der Waals surface area contributed by atoms with Crippen LogP contribution in [-0.4, -0.2) is 42.4 Å². The standard InChI is InChI=1S/C6H8O4/c7-3-2-1-8-6(9-2)5-4(3)10-5/h2-7H,1H2/t2?,3-,4?,5?,6+/m0/s1. The van der Waals surface area contributed by atoms with Crippen LogP contribution in [0.3, 0.4) is 0 Å². The highest BCUT2D eigenvalue weighted by Crippen LogP contribution is 2.41. The fraction of sp³-hybridized carbons (Fsp3) is 1.00. The Hall–Kier alpha value is -0.160. The largest absolute Gasteiger partial charge is 0.387 e. The molecule has 0 amide bonds. The highest BCUT2D eigenvalue weighted by Gasteiger charge is 2.61. The fourth-order valence-corrected chi connectivity index (χ4v) is 1.63. The van der Waals surface area contributed by atoms with Crippen LogP contribution in [0, 0.1) is 0 Å². The Kier molecular flexibility index (Phi) is 0.840. The molecule has 1 N–H and O–H groups in total. The summed E-state index contributed by atoms with van der Waals surface area (Å²) in [6, 6.07) is 0. The quantitative estimate of drug-likeness (QED) is 0.437. The summed E-state index contributed by atoms with van der Waals surface area (Å²) < 4.78 is 15.6. The van der Waals surface area contributed by atoms with E-state index in [9.17, 15) is 5.11 Å². The van der Waals surface area contributed by atoms with Crippen molar-refractivity contribution in [2.45, 2.75) is 30.7 Å². The van der Waals surface area contributed by atoms with Crippen LogP contribution in [0.2, 0.25) is 0 Å². The van der Waals surface area contributed by atoms with Crippen LogP contribution >= 0.6 is 0 Å². The van der Waals surface area contributed by atoms with Crippen molar-refractivity contribution in [2.75, 3.05) is 6.61 Å². The molecule has 0 saturated carbocycles. The van der Waals surface area contributed by atoms with E-state index in [1.165, 1.54) is 0 Å². The van der Waals surface area contributed by atoms with Crippen LogP contribution in [0.1, 0.15) is 0 Å². The average molecular weight is 144 g/mol. The van der Waals surface area contributed by atoms with Crippen molar-refractivity contribution in [1.29, 1.82) is 0 Å². The predicted molar refractivity (Wildman–Crippen MR) is 29.3 cm³/mol. The summed E-state index contributed by atoms with van der Waals surface area (Å²) in [5, 5.41) is 9.38. The molecule has 56 valence electrons. The third-order valence-corrected chi connectivity index (χ3v) is 2.28. The van der Waals surface area contributed by atoms with Gasteiger partial charge >= 0.3 is 0 Å². The lowest BCUT2D eigenvalue weighted by Crippen LogP contribution is -2.39. The van der Waals surface area contributed by atoms with Gasteiger partial charge in [-0.05, 0) is 0 Å². The molecule has 0 aromatic carbocycles. The lowest BCUT2D eigenvalue weighted by atomic mass is 10.1. The molecule has 3 rings (SSSR count). The van der Waals surface area contributed by atoms with Gasteiger partial charge in [-0.2, -0.15) is 0 Å². The summed E-state index contributed by atoms with van der Waals surface area (Å²) in [6.45, 7) is 0.516. The SMILES string of the molecule is O[C@H]1C2CO[C@H](O2)C2OC21. The van der Waals surface area contributed by atoms with Crippen LogP contribution < -0.4 is 0 Å². The van der Waals surface area contributed by atoms with Gasteiger partial charge in [0.1, 0.15) is 24.4 Å². The van der Waals surface area contributed by atoms with Crippen LogP contribution in [-0.2, 0) is 14.2 Å². The first-order valence-electron chi connectivity index (χ1n) is 3.47. The summed E-state index contributed by atoms with van der Waals surface area (Å²) in [4.78, 5) is 0. The van der Waals surface area contributed by atoms with Gasteiger partial charge in [-0.3, -0.25) is 0 Å². The second kappa shape index (κ2) is 1.53. The molecule has 2 bridgehead atoms. The summed E-state index contributed by atoms with van der Waals surface area (Å²) in [5.74, 6) is 0. The maximum atomic E-state index is 9.38. The molecule has 3 unspecified atom stereocenters. The van der Waals surface area contributed by atoms with E-state index in [0.29, 0.717) is 6.61 Å². The fourth-order valence-electron chi connectivity index (χ4n) is 1.63. The number of hydrogen-bond donors (Lipinski definition) is 1. The van der Waals surface area contributed by atoms with Gasteiger partial charge in [0, 0.05) is 0 Å². The molecule has 3 heterocycles. The molecule has 3 aliphatic rings. The minimum atomic E-state index is -0.469. The van der Waals surface area contributed by atoms with Gasteiger partial charge in [-0.1, -0.05) is 0 Å². The number of aliphatic hydroxyl groups is 1. The molecular weight excluding hydrogens is 136 g/mol. The number of fused-ring (bicyclic) bond motifs is 4. The topological polar surface area (TPSA) is 51.2 Å². The van der Waals surface area contributed by atoms with Crippen molar-refractivity contribution in [2.24, 2.45) is 0 Å². The molecule has 0 aliphatic carbocycles. The summed E-state index contributed by atoms with van der Waals surface area (Å²) in [5.41, 5.74) is 0. The van der Waals surface area contributed by atoms with E-state index in [4.69, 9.17) is 14.2 Å². The molecule has 4 nitrogen and oxygen atoms in total. The number of epoxide rings is 1. The zero-order chi connectivity index (χ0) is 6.72. The van der Waals surface area contributed by atoms with Crippen LogP contribution in [0.5, 0.6) is 0 Å². The van der Waals surface area contributed by atoms with Crippen molar-refractivity contribution in [3.05, 3.63) is 0 Å². The van der Waals surface area contributed by atoms with E-state index in [2.05, 4.69) is 0 Å². The van der Waals surface area contributed by atoms with Crippen LogP contribution in [0.4, 0.5) is 0 Å². The van der Waals surface area contributed by atoms with Crippen LogP contribution in [0.15, 0.2) is 0 Å². The van der Waals surface area contributed by atoms with E-state index in [1.54, 1.807) is 0 Å². The lowest BCUT2D eigenvalue weighted by molar-refractivity contribution is -0.103. The van der Waals surface area contributed by atoms with Crippen molar-refractivity contribution in [3.8, 4) is 0 Å². The molecule has 3 aliphatic heterocycles. The predicted octanol–water partition coefficient (Wildman–Crippen LogP) is -1.13. The van der Waals surface area contributed by atoms with Gasteiger partial charge in [0.05, 0.1) is 6.61 Å². The molecule has 3 fully saturated rings. The first-order chi connectivity index (χ1) is 4.86. The molecule has 3 saturated heterocycles. The van der Waals surface area contributed by atoms with Gasteiger partial charge in [-0.25, -0.2) is 0 Å². The number of rotatable bonds is 0. The van der Waals surface area contributed by atoms with Crippen molar-refractivity contribution in [1.82, 2.24) is 0 Å². The normalized spacial score (nSPS) is 63.9. The monoisotopic (exact) mass is 144 g/mol. The first kappa shape index (κ1) is 5.49. The summed E-state index contributed by atoms with van der Waals surface area (Å²) >= 11 is 0. The zero-order valence-corrected chi connectivity index (χ0v) is 5.27. The average Bonchev–Trinajstić information content (AvgIpc) is 2.61. The van der Waals surface area contributed by atoms with E-state index in [-0.39, 0.29) is 24.6 Å². The minimum Gasteiger partial charge on any atom is -0.387 e. The van der Waals surface area contributed by atoms with E-state index in [0.717, 1.165) is 0 Å². The Balaban J connectivity index is 1.91. The molecule has 10 heavy (non-hydrogen) atoms. The second-order valence-corrected chi connectivity index (χ2v) is 2.93.